The topological polar surface area (TPSA) is 174 Å². The molecule has 1 saturated heterocycles. The average molecular weight is 664 g/mol. The molecule has 1 aliphatic heterocycles. The number of hydroxylamine groups is 2. The van der Waals surface area contributed by atoms with Gasteiger partial charge in [-0.25, -0.2) is 15.0 Å². The largest absolute Gasteiger partial charge is 0.433 e. The van der Waals surface area contributed by atoms with Crippen LogP contribution in [0.3, 0.4) is 0 Å². The first kappa shape index (κ1) is 33.5. The molecule has 2 aromatic carbocycles. The van der Waals surface area contributed by atoms with Gasteiger partial charge >= 0.3 is 24.1 Å². The van der Waals surface area contributed by atoms with Crippen LogP contribution >= 0.6 is 11.6 Å². The van der Waals surface area contributed by atoms with E-state index < -0.39 is 58.8 Å². The number of nitro groups is 1. The van der Waals surface area contributed by atoms with Crippen molar-refractivity contribution in [3.8, 4) is 0 Å². The molecule has 242 valence electrons. The van der Waals surface area contributed by atoms with Crippen LogP contribution in [0.4, 0.5) is 40.0 Å². The number of furan rings is 1. The third kappa shape index (κ3) is 7.44. The molecule has 0 saturated carbocycles. The number of anilines is 2. The summed E-state index contributed by atoms with van der Waals surface area (Å²) in [5.74, 6) is -1.04. The number of alkyl halides is 3. The van der Waals surface area contributed by atoms with Crippen molar-refractivity contribution in [1.82, 2.24) is 15.4 Å². The SMILES string of the molecule is CC1(C)C(N(O)C(=O)Nc2ccc(C(F)(F)F)cc2)N(c2ccc(Cl)cc2)C(=O)N1CC(=O)N/N=C/C=C/c1ccc([N+](=O)[O-])o1. The molecule has 14 nitrogen and oxygen atoms in total. The lowest BCUT2D eigenvalue weighted by Crippen LogP contribution is -2.58. The number of rotatable bonds is 9. The van der Waals surface area contributed by atoms with Crippen LogP contribution in [0, 0.1) is 10.1 Å². The summed E-state index contributed by atoms with van der Waals surface area (Å²) in [5.41, 5.74) is -0.0185. The van der Waals surface area contributed by atoms with Crippen LogP contribution in [0.2, 0.25) is 5.02 Å². The van der Waals surface area contributed by atoms with Gasteiger partial charge in [0.1, 0.15) is 17.2 Å². The Hall–Kier alpha value is -5.42. The van der Waals surface area contributed by atoms with E-state index in [9.17, 15) is 42.9 Å². The highest BCUT2D eigenvalue weighted by Gasteiger charge is 2.56. The predicted octanol–water partition coefficient (Wildman–Crippen LogP) is 5.95. The monoisotopic (exact) mass is 663 g/mol. The van der Waals surface area contributed by atoms with E-state index in [4.69, 9.17) is 16.0 Å². The predicted molar refractivity (Wildman–Crippen MR) is 159 cm³/mol. The smallest absolute Gasteiger partial charge is 0.401 e. The number of urea groups is 2. The van der Waals surface area contributed by atoms with Crippen LogP contribution in [-0.2, 0) is 11.0 Å². The third-order valence-corrected chi connectivity index (χ3v) is 6.97. The number of carbonyl (C=O) groups is 3. The standard InChI is InChI=1S/C28H25ClF3N7O7/c1-27(2)24(38(43)25(41)34-19-9-5-17(6-10-19)28(30,31)32)37(20-11-7-18(29)8-12-20)26(42)36(27)16-22(40)35-33-15-3-4-21-13-14-23(46-21)39(44)45/h3-15,24,43H,16H2,1-2H3,(H,34,41)(H,35,40)/b4-3+,33-15+. The van der Waals surface area contributed by atoms with Gasteiger partial charge < -0.3 is 14.6 Å². The Labute approximate surface area is 263 Å². The molecule has 1 atom stereocenters. The van der Waals surface area contributed by atoms with Gasteiger partial charge in [0.25, 0.3) is 5.91 Å². The first-order valence-electron chi connectivity index (χ1n) is 13.1. The molecule has 18 heteroatoms. The van der Waals surface area contributed by atoms with Gasteiger partial charge in [0.05, 0.1) is 17.2 Å². The van der Waals surface area contributed by atoms with Crippen LogP contribution in [0.25, 0.3) is 6.08 Å². The average Bonchev–Trinajstić information content (AvgIpc) is 3.54. The van der Waals surface area contributed by atoms with Crippen LogP contribution < -0.4 is 15.6 Å². The zero-order valence-corrected chi connectivity index (χ0v) is 24.7. The molecular formula is C28H25ClF3N7O7. The minimum absolute atomic E-state index is 0.0642. The number of hydrazone groups is 1. The molecule has 0 bridgehead atoms. The number of hydrogen-bond donors (Lipinski definition) is 3. The molecule has 3 aromatic rings. The normalized spacial score (nSPS) is 16.3. The highest BCUT2D eigenvalue weighted by Crippen LogP contribution is 2.38. The molecular weight excluding hydrogens is 639 g/mol. The molecule has 1 aromatic heterocycles. The second kappa shape index (κ2) is 13.3. The number of allylic oxidation sites excluding steroid dienone is 1. The number of nitrogens with zero attached hydrogens (tertiary/aromatic N) is 5. The quantitative estimate of drug-likeness (QED) is 0.110. The summed E-state index contributed by atoms with van der Waals surface area (Å²) in [5, 5.41) is 28.4. The van der Waals surface area contributed by atoms with Crippen molar-refractivity contribution in [2.75, 3.05) is 16.8 Å². The van der Waals surface area contributed by atoms with Crippen molar-refractivity contribution in [2.45, 2.75) is 31.7 Å². The molecule has 1 unspecified atom stereocenters. The van der Waals surface area contributed by atoms with Crippen LogP contribution in [0.15, 0.2) is 76.3 Å². The van der Waals surface area contributed by atoms with Gasteiger partial charge in [0, 0.05) is 22.6 Å². The molecule has 2 heterocycles. The van der Waals surface area contributed by atoms with Gasteiger partial charge in [-0.05, 0) is 80.6 Å². The summed E-state index contributed by atoms with van der Waals surface area (Å²) in [4.78, 5) is 51.7. The third-order valence-electron chi connectivity index (χ3n) is 6.72. The molecule has 0 spiro atoms. The lowest BCUT2D eigenvalue weighted by Gasteiger charge is -2.38. The van der Waals surface area contributed by atoms with Crippen LogP contribution in [0.1, 0.15) is 25.2 Å². The Morgan fingerprint density at radius 3 is 2.39 bits per heavy atom. The van der Waals surface area contributed by atoms with Gasteiger partial charge in [-0.15, -0.1) is 0 Å². The molecule has 1 fully saturated rings. The van der Waals surface area contributed by atoms with Crippen molar-refractivity contribution < 1.29 is 42.1 Å². The summed E-state index contributed by atoms with van der Waals surface area (Å²) in [6.45, 7) is 2.40. The van der Waals surface area contributed by atoms with Crippen molar-refractivity contribution in [1.29, 1.82) is 0 Å². The first-order valence-corrected chi connectivity index (χ1v) is 13.5. The molecule has 46 heavy (non-hydrogen) atoms. The lowest BCUT2D eigenvalue weighted by atomic mass is 9.99. The van der Waals surface area contributed by atoms with Crippen LogP contribution in [0.5, 0.6) is 0 Å². The Morgan fingerprint density at radius 1 is 1.15 bits per heavy atom. The Kier molecular flexibility index (Phi) is 9.67. The van der Waals surface area contributed by atoms with Gasteiger partial charge in [-0.2, -0.15) is 23.3 Å². The van der Waals surface area contributed by atoms with Crippen LogP contribution in [-0.4, -0.2) is 62.5 Å². The van der Waals surface area contributed by atoms with E-state index in [1.807, 2.05) is 0 Å². The first-order chi connectivity index (χ1) is 21.6. The van der Waals surface area contributed by atoms with Gasteiger partial charge in [-0.3, -0.25) is 25.0 Å². The minimum atomic E-state index is -4.60. The summed E-state index contributed by atoms with van der Waals surface area (Å²) in [6, 6.07) is 9.93. The van der Waals surface area contributed by atoms with Gasteiger partial charge in [0.2, 0.25) is 0 Å². The van der Waals surface area contributed by atoms with E-state index in [-0.39, 0.29) is 22.2 Å². The maximum absolute atomic E-state index is 13.7. The van der Waals surface area contributed by atoms with E-state index >= 15 is 0 Å². The van der Waals surface area contributed by atoms with Gasteiger partial charge in [0.15, 0.2) is 6.17 Å². The van der Waals surface area contributed by atoms with Crippen molar-refractivity contribution in [3.05, 3.63) is 93.2 Å². The van der Waals surface area contributed by atoms with Crippen molar-refractivity contribution in [3.63, 3.8) is 0 Å². The minimum Gasteiger partial charge on any atom is -0.401 e. The van der Waals surface area contributed by atoms with Gasteiger partial charge in [-0.1, -0.05) is 11.6 Å². The number of benzene rings is 2. The zero-order chi connectivity index (χ0) is 33.8. The Bertz CT molecular complexity index is 1680. The number of amides is 5. The van der Waals surface area contributed by atoms with E-state index in [2.05, 4.69) is 15.8 Å². The molecule has 5 amide bonds. The fraction of sp³-hybridized carbons (Fsp3) is 0.214. The molecule has 0 aliphatic carbocycles. The lowest BCUT2D eigenvalue weighted by molar-refractivity contribution is -0.402. The molecule has 0 radical (unpaired) electrons. The van der Waals surface area contributed by atoms with E-state index in [1.54, 1.807) is 0 Å². The Balaban J connectivity index is 1.51. The Morgan fingerprint density at radius 2 is 1.80 bits per heavy atom. The number of halogens is 4. The summed E-state index contributed by atoms with van der Waals surface area (Å²) >= 11 is 6.00. The van der Waals surface area contributed by atoms with Crippen molar-refractivity contribution in [2.24, 2.45) is 5.10 Å². The maximum Gasteiger partial charge on any atom is 0.433 e. The van der Waals surface area contributed by atoms with Crippen molar-refractivity contribution >= 4 is 59.1 Å². The zero-order valence-electron chi connectivity index (χ0n) is 23.9. The van der Waals surface area contributed by atoms with E-state index in [0.29, 0.717) is 5.02 Å². The highest BCUT2D eigenvalue weighted by molar-refractivity contribution is 6.30. The summed E-state index contributed by atoms with van der Waals surface area (Å²) < 4.78 is 43.8. The van der Waals surface area contributed by atoms with E-state index in [0.717, 1.165) is 40.3 Å². The second-order valence-corrected chi connectivity index (χ2v) is 10.6. The molecule has 4 rings (SSSR count). The fourth-order valence-electron chi connectivity index (χ4n) is 4.50. The number of hydrogen-bond acceptors (Lipinski definition) is 8. The second-order valence-electron chi connectivity index (χ2n) is 10.2. The highest BCUT2D eigenvalue weighted by atomic mass is 35.5. The maximum atomic E-state index is 13.7. The summed E-state index contributed by atoms with van der Waals surface area (Å²) in [7, 11) is 0. The summed E-state index contributed by atoms with van der Waals surface area (Å²) in [6.07, 6.45) is -2.19. The number of carbonyl (C=O) groups excluding carboxylic acids is 3. The van der Waals surface area contributed by atoms with E-state index in [1.165, 1.54) is 62.4 Å². The number of nitrogens with one attached hydrogen (secondary N) is 2. The molecule has 3 N–H and O–H groups in total. The fourth-order valence-corrected chi connectivity index (χ4v) is 4.63. The molecule has 1 aliphatic rings.